The Balaban J connectivity index is 1.66. The van der Waals surface area contributed by atoms with Crippen molar-refractivity contribution in [2.24, 2.45) is 0 Å². The first-order valence-corrected chi connectivity index (χ1v) is 8.73. The number of H-pyrrole nitrogens is 1. The van der Waals surface area contributed by atoms with E-state index < -0.39 is 6.09 Å². The number of carbonyl (C=O) groups excluding carboxylic acids is 1. The smallest absolute Gasteiger partial charge is 0.407 e. The molecular weight excluding hydrogens is 336 g/mol. The Morgan fingerprint density at radius 1 is 1.00 bits per heavy atom. The van der Waals surface area contributed by atoms with Crippen LogP contribution < -0.4 is 5.69 Å². The molecule has 1 aromatic heterocycles. The molecule has 0 unspecified atom stereocenters. The number of nitrogens with zero attached hydrogens (tertiary/aromatic N) is 3. The van der Waals surface area contributed by atoms with Gasteiger partial charge in [-0.1, -0.05) is 18.2 Å². The molecule has 2 aliphatic rings. The molecule has 0 bridgehead atoms. The summed E-state index contributed by atoms with van der Waals surface area (Å²) in [5.74, 6) is -0.0304. The van der Waals surface area contributed by atoms with Crippen molar-refractivity contribution in [2.75, 3.05) is 26.2 Å². The molecule has 2 amide bonds. The van der Waals surface area contributed by atoms with Crippen molar-refractivity contribution in [3.63, 3.8) is 0 Å². The summed E-state index contributed by atoms with van der Waals surface area (Å²) in [7, 11) is 0. The van der Waals surface area contributed by atoms with E-state index in [2.05, 4.69) is 4.98 Å². The molecule has 0 atom stereocenters. The molecule has 4 rings (SSSR count). The van der Waals surface area contributed by atoms with Crippen LogP contribution in [0.15, 0.2) is 35.1 Å². The van der Waals surface area contributed by atoms with Crippen molar-refractivity contribution in [2.45, 2.75) is 18.8 Å². The lowest BCUT2D eigenvalue weighted by molar-refractivity contribution is 0.0618. The molecule has 0 radical (unpaired) electrons. The predicted molar refractivity (Wildman–Crippen MR) is 93.9 cm³/mol. The minimum atomic E-state index is -0.973. The van der Waals surface area contributed by atoms with Crippen LogP contribution in [0.4, 0.5) is 4.79 Å². The number of nitrogens with one attached hydrogen (secondary N) is 1. The van der Waals surface area contributed by atoms with Gasteiger partial charge >= 0.3 is 11.8 Å². The van der Waals surface area contributed by atoms with Crippen LogP contribution in [0.5, 0.6) is 0 Å². The number of carboxylic acid groups (broad SMARTS) is 1. The molecule has 2 N–H and O–H groups in total. The lowest BCUT2D eigenvalue weighted by atomic mass is 10.2. The highest BCUT2D eigenvalue weighted by Crippen LogP contribution is 2.42. The Bertz CT molecular complexity index is 890. The topological polar surface area (TPSA) is 98.6 Å². The summed E-state index contributed by atoms with van der Waals surface area (Å²) in [5, 5.41) is 9.04. The van der Waals surface area contributed by atoms with E-state index in [4.69, 9.17) is 5.11 Å². The van der Waals surface area contributed by atoms with Crippen LogP contribution in [0.3, 0.4) is 0 Å². The van der Waals surface area contributed by atoms with Gasteiger partial charge in [0.25, 0.3) is 5.91 Å². The number of piperazine rings is 1. The number of imidazole rings is 1. The fraction of sp³-hybridized carbons (Fsp3) is 0.389. The summed E-state index contributed by atoms with van der Waals surface area (Å²) in [5.41, 5.74) is 1.51. The Morgan fingerprint density at radius 3 is 2.19 bits per heavy atom. The van der Waals surface area contributed by atoms with Crippen molar-refractivity contribution in [1.82, 2.24) is 19.4 Å². The van der Waals surface area contributed by atoms with Gasteiger partial charge in [-0.25, -0.2) is 9.59 Å². The minimum Gasteiger partial charge on any atom is -0.465 e. The van der Waals surface area contributed by atoms with Gasteiger partial charge in [0.2, 0.25) is 0 Å². The van der Waals surface area contributed by atoms with Crippen molar-refractivity contribution in [3.05, 3.63) is 52.2 Å². The van der Waals surface area contributed by atoms with Crippen molar-refractivity contribution >= 4 is 12.0 Å². The van der Waals surface area contributed by atoms with Crippen LogP contribution in [0.1, 0.15) is 34.9 Å². The molecule has 1 aliphatic heterocycles. The number of hydrogen-bond donors (Lipinski definition) is 2. The quantitative estimate of drug-likeness (QED) is 0.870. The molecule has 1 saturated heterocycles. The maximum absolute atomic E-state index is 13.0. The normalized spacial score (nSPS) is 17.4. The maximum Gasteiger partial charge on any atom is 0.407 e. The Kier molecular flexibility index (Phi) is 4.02. The number of aromatic nitrogens is 2. The second-order valence-corrected chi connectivity index (χ2v) is 6.70. The zero-order valence-electron chi connectivity index (χ0n) is 14.2. The van der Waals surface area contributed by atoms with Gasteiger partial charge in [-0.05, 0) is 25.0 Å². The highest BCUT2D eigenvalue weighted by atomic mass is 16.4. The van der Waals surface area contributed by atoms with Gasteiger partial charge in [0.15, 0.2) is 0 Å². The van der Waals surface area contributed by atoms with E-state index in [-0.39, 0.29) is 30.6 Å². The van der Waals surface area contributed by atoms with Gasteiger partial charge in [0, 0.05) is 32.1 Å². The van der Waals surface area contributed by atoms with Gasteiger partial charge in [0.05, 0.1) is 11.4 Å². The molecule has 8 nitrogen and oxygen atoms in total. The number of carbonyl (C=O) groups is 2. The van der Waals surface area contributed by atoms with Gasteiger partial charge in [0.1, 0.15) is 5.69 Å². The highest BCUT2D eigenvalue weighted by Gasteiger charge is 2.36. The molecule has 1 saturated carbocycles. The third-order valence-corrected chi connectivity index (χ3v) is 4.96. The molecule has 1 aromatic carbocycles. The third kappa shape index (κ3) is 2.87. The number of para-hydroxylation sites is 1. The summed E-state index contributed by atoms with van der Waals surface area (Å²) in [6, 6.07) is 9.30. The van der Waals surface area contributed by atoms with Crippen LogP contribution in [0, 0.1) is 0 Å². The van der Waals surface area contributed by atoms with E-state index in [1.54, 1.807) is 9.47 Å². The average molecular weight is 356 g/mol. The van der Waals surface area contributed by atoms with E-state index in [1.165, 1.54) is 4.90 Å². The zero-order chi connectivity index (χ0) is 18.3. The molecule has 26 heavy (non-hydrogen) atoms. The first kappa shape index (κ1) is 16.4. The SMILES string of the molecule is O=C(O)N1CCN(C(=O)c2[nH]c(=O)n(-c3ccccc3)c2C2CC2)CC1. The molecule has 2 heterocycles. The second-order valence-electron chi connectivity index (χ2n) is 6.70. The van der Waals surface area contributed by atoms with E-state index in [1.807, 2.05) is 30.3 Å². The minimum absolute atomic E-state index is 0.202. The van der Waals surface area contributed by atoms with E-state index in [9.17, 15) is 14.4 Å². The van der Waals surface area contributed by atoms with Crippen LogP contribution in [0.2, 0.25) is 0 Å². The van der Waals surface area contributed by atoms with Crippen molar-refractivity contribution in [1.29, 1.82) is 0 Å². The summed E-state index contributed by atoms with van der Waals surface area (Å²) in [4.78, 5) is 42.3. The lowest BCUT2D eigenvalue weighted by Crippen LogP contribution is -2.50. The zero-order valence-corrected chi connectivity index (χ0v) is 14.2. The maximum atomic E-state index is 13.0. The summed E-state index contributed by atoms with van der Waals surface area (Å²) < 4.78 is 1.60. The van der Waals surface area contributed by atoms with Crippen LogP contribution >= 0.6 is 0 Å². The molecule has 0 spiro atoms. The fourth-order valence-electron chi connectivity index (χ4n) is 3.45. The Hall–Kier alpha value is -3.03. The summed E-state index contributed by atoms with van der Waals surface area (Å²) in [6.45, 7) is 1.22. The van der Waals surface area contributed by atoms with Gasteiger partial charge in [-0.15, -0.1) is 0 Å². The molecule has 2 fully saturated rings. The van der Waals surface area contributed by atoms with E-state index in [0.717, 1.165) is 24.2 Å². The first-order valence-electron chi connectivity index (χ1n) is 8.73. The fourth-order valence-corrected chi connectivity index (χ4v) is 3.45. The highest BCUT2D eigenvalue weighted by molar-refractivity contribution is 5.94. The predicted octanol–water partition coefficient (Wildman–Crippen LogP) is 1.48. The van der Waals surface area contributed by atoms with Crippen LogP contribution in [0.25, 0.3) is 5.69 Å². The number of hydrogen-bond acceptors (Lipinski definition) is 3. The summed E-state index contributed by atoms with van der Waals surface area (Å²) >= 11 is 0. The van der Waals surface area contributed by atoms with Crippen LogP contribution in [-0.4, -0.2) is 62.6 Å². The third-order valence-electron chi connectivity index (χ3n) is 4.96. The molecule has 136 valence electrons. The molecule has 8 heteroatoms. The van der Waals surface area contributed by atoms with E-state index in [0.29, 0.717) is 18.8 Å². The molecule has 2 aromatic rings. The molecular formula is C18H20N4O4. The largest absolute Gasteiger partial charge is 0.465 e. The average Bonchev–Trinajstić information content (AvgIpc) is 3.44. The number of amides is 2. The van der Waals surface area contributed by atoms with Gasteiger partial charge < -0.3 is 19.9 Å². The Morgan fingerprint density at radius 2 is 1.62 bits per heavy atom. The monoisotopic (exact) mass is 356 g/mol. The van der Waals surface area contributed by atoms with E-state index >= 15 is 0 Å². The van der Waals surface area contributed by atoms with Crippen molar-refractivity contribution < 1.29 is 14.7 Å². The lowest BCUT2D eigenvalue weighted by Gasteiger charge is -2.33. The van der Waals surface area contributed by atoms with Gasteiger partial charge in [-0.3, -0.25) is 9.36 Å². The number of aromatic amines is 1. The standard InChI is InChI=1S/C18H20N4O4/c23-16(20-8-10-21(11-9-20)18(25)26)14-15(12-6-7-12)22(17(24)19-14)13-4-2-1-3-5-13/h1-5,12H,6-11H2,(H,19,24)(H,25,26). The first-order chi connectivity index (χ1) is 12.6. The number of rotatable bonds is 3. The Labute approximate surface area is 149 Å². The number of benzene rings is 1. The molecule has 1 aliphatic carbocycles. The van der Waals surface area contributed by atoms with Crippen molar-refractivity contribution in [3.8, 4) is 5.69 Å². The summed E-state index contributed by atoms with van der Waals surface area (Å²) in [6.07, 6.45) is 0.938. The second kappa shape index (κ2) is 6.36. The van der Waals surface area contributed by atoms with Crippen LogP contribution in [-0.2, 0) is 0 Å². The van der Waals surface area contributed by atoms with Gasteiger partial charge in [-0.2, -0.15) is 0 Å².